The van der Waals surface area contributed by atoms with E-state index in [0.29, 0.717) is 52.0 Å². The average molecular weight is 778 g/mol. The van der Waals surface area contributed by atoms with E-state index in [0.717, 1.165) is 90.5 Å². The van der Waals surface area contributed by atoms with Crippen LogP contribution in [0.1, 0.15) is 44.1 Å². The predicted molar refractivity (Wildman–Crippen MR) is 215 cm³/mol. The van der Waals surface area contributed by atoms with Crippen molar-refractivity contribution in [1.29, 1.82) is 0 Å². The molecule has 0 radical (unpaired) electrons. The van der Waals surface area contributed by atoms with Gasteiger partial charge in [0, 0.05) is 106 Å². The first-order chi connectivity index (χ1) is 27.7. The molecule has 4 aliphatic heterocycles. The highest BCUT2D eigenvalue weighted by molar-refractivity contribution is 6.18. The van der Waals surface area contributed by atoms with Crippen molar-refractivity contribution in [3.05, 3.63) is 47.7 Å². The Hall–Kier alpha value is -4.61. The van der Waals surface area contributed by atoms with Crippen molar-refractivity contribution in [1.82, 2.24) is 29.5 Å². The predicted octanol–water partition coefficient (Wildman–Crippen LogP) is 6.12. The van der Waals surface area contributed by atoms with E-state index in [-0.39, 0.29) is 51.5 Å². The van der Waals surface area contributed by atoms with Gasteiger partial charge in [0.1, 0.15) is 28.4 Å². The number of phenols is 1. The smallest absolute Gasteiger partial charge is 0.319 e. The van der Waals surface area contributed by atoms with Gasteiger partial charge in [0.15, 0.2) is 5.82 Å². The van der Waals surface area contributed by atoms with Gasteiger partial charge in [0.25, 0.3) is 0 Å². The summed E-state index contributed by atoms with van der Waals surface area (Å²) in [7, 11) is 3.53. The minimum absolute atomic E-state index is 0.0151. The molecule has 4 saturated heterocycles. The lowest BCUT2D eigenvalue weighted by Crippen LogP contribution is -2.54. The van der Waals surface area contributed by atoms with Crippen molar-refractivity contribution >= 4 is 38.4 Å². The van der Waals surface area contributed by atoms with Crippen LogP contribution >= 0.6 is 0 Å². The van der Waals surface area contributed by atoms with E-state index < -0.39 is 11.6 Å². The number of anilines is 1. The molecule has 1 N–H and O–H groups in total. The minimum Gasteiger partial charge on any atom is -0.508 e. The van der Waals surface area contributed by atoms with E-state index in [1.165, 1.54) is 30.7 Å². The van der Waals surface area contributed by atoms with E-state index in [9.17, 15) is 5.11 Å². The average Bonchev–Trinajstić information content (AvgIpc) is 3.74. The molecule has 5 aromatic rings. The minimum atomic E-state index is -0.654. The molecular weight excluding hydrogens is 729 g/mol. The Morgan fingerprint density at radius 1 is 1.00 bits per heavy atom. The maximum Gasteiger partial charge on any atom is 0.319 e. The highest BCUT2D eigenvalue weighted by Gasteiger charge is 2.48. The Labute approximate surface area is 330 Å². The van der Waals surface area contributed by atoms with Crippen LogP contribution in [0.3, 0.4) is 0 Å². The Bertz CT molecular complexity index is 2400. The Morgan fingerprint density at radius 2 is 1.79 bits per heavy atom. The monoisotopic (exact) mass is 777 g/mol. The zero-order chi connectivity index (χ0) is 39.0. The van der Waals surface area contributed by atoms with Crippen LogP contribution in [0, 0.1) is 41.2 Å². The second kappa shape index (κ2) is 14.3. The van der Waals surface area contributed by atoms with Crippen LogP contribution in [0.15, 0.2) is 30.5 Å². The summed E-state index contributed by atoms with van der Waals surface area (Å²) >= 11 is 0. The fourth-order valence-corrected chi connectivity index (χ4v) is 10.2. The molecule has 5 fully saturated rings. The van der Waals surface area contributed by atoms with E-state index in [1.807, 2.05) is 6.20 Å². The van der Waals surface area contributed by atoms with Gasteiger partial charge in [-0.25, -0.2) is 8.78 Å². The van der Waals surface area contributed by atoms with Gasteiger partial charge in [-0.15, -0.1) is 6.42 Å². The molecule has 3 aromatic carbocycles. The van der Waals surface area contributed by atoms with E-state index in [1.54, 1.807) is 18.8 Å². The first-order valence-corrected chi connectivity index (χ1v) is 20.4. The lowest BCUT2D eigenvalue weighted by atomic mass is 9.87. The molecule has 5 aliphatic rings. The third-order valence-corrected chi connectivity index (χ3v) is 13.2. The number of ether oxygens (including phenoxy) is 3. The zero-order valence-corrected chi connectivity index (χ0v) is 32.6. The van der Waals surface area contributed by atoms with Gasteiger partial charge < -0.3 is 29.1 Å². The number of piperazine rings is 1. The van der Waals surface area contributed by atoms with Gasteiger partial charge in [-0.2, -0.15) is 15.1 Å². The van der Waals surface area contributed by atoms with Crippen molar-refractivity contribution in [3.63, 3.8) is 0 Å². The van der Waals surface area contributed by atoms with Crippen LogP contribution in [0.2, 0.25) is 0 Å². The second-order valence-electron chi connectivity index (χ2n) is 17.4. The highest BCUT2D eigenvalue weighted by atomic mass is 19.1. The molecule has 2 unspecified atom stereocenters. The lowest BCUT2D eigenvalue weighted by Gasteiger charge is -2.43. The number of aromatic nitrogens is 4. The SMILES string of the molecule is C#Cc1c(F)ccc2cc(O)cc(-c3c(F)c4nc(OCC5(CN6CC(CC7COC7)C6)CC5)nc(N5C6CCC5CN(CCCOC)C6)c4c4cn(C)nc34)c12. The molecule has 0 spiro atoms. The third-order valence-electron chi connectivity index (χ3n) is 13.2. The number of fused-ring (bicyclic) bond motifs is 6. The molecule has 2 atom stereocenters. The molecule has 6 heterocycles. The number of halogens is 2. The standard InChI is InChI=1S/C44H49F2N7O4/c1-4-32-35(45)9-6-28-15-31(54)16-33(36(28)32)37-39(46)41-38(34-21-50(2)49-40(34)37)42(53-29-7-8-30(53)20-51(19-29)12-5-13-55-3)48-43(47-41)57-25-44(10-11-44)24-52-17-26(18-52)14-27-22-56-23-27/h1,6,9,15-16,21,26-27,29-30,54H,5,7-8,10-14,17-20,22-25H2,2-3H3. The summed E-state index contributed by atoms with van der Waals surface area (Å²) in [4.78, 5) is 17.5. The maximum atomic E-state index is 17.9. The number of hydrogen-bond donors (Lipinski definition) is 1. The Balaban J connectivity index is 1.07. The lowest BCUT2D eigenvalue weighted by molar-refractivity contribution is -0.0586. The summed E-state index contributed by atoms with van der Waals surface area (Å²) in [6, 6.07) is 6.22. The van der Waals surface area contributed by atoms with Crippen LogP contribution in [0.5, 0.6) is 11.8 Å². The number of terminal acetylenes is 1. The van der Waals surface area contributed by atoms with Gasteiger partial charge in [-0.1, -0.05) is 12.0 Å². The molecule has 0 amide bonds. The number of phenolic OH excluding ortho intramolecular Hbond substituents is 1. The van der Waals surface area contributed by atoms with Gasteiger partial charge in [-0.3, -0.25) is 9.58 Å². The van der Waals surface area contributed by atoms with Crippen LogP contribution in [0.4, 0.5) is 14.6 Å². The van der Waals surface area contributed by atoms with Crippen molar-refractivity contribution < 1.29 is 28.1 Å². The largest absolute Gasteiger partial charge is 0.508 e. The third kappa shape index (κ3) is 6.55. The first kappa shape index (κ1) is 36.7. The fourth-order valence-electron chi connectivity index (χ4n) is 10.2. The number of benzene rings is 3. The van der Waals surface area contributed by atoms with Gasteiger partial charge in [0.05, 0.1) is 30.8 Å². The number of aryl methyl sites for hydroxylation is 1. The van der Waals surface area contributed by atoms with Crippen LogP contribution < -0.4 is 9.64 Å². The number of hydrogen-bond acceptors (Lipinski definition) is 10. The van der Waals surface area contributed by atoms with Gasteiger partial charge >= 0.3 is 6.01 Å². The van der Waals surface area contributed by atoms with Crippen molar-refractivity contribution in [2.45, 2.75) is 50.6 Å². The highest BCUT2D eigenvalue weighted by Crippen LogP contribution is 2.49. The summed E-state index contributed by atoms with van der Waals surface area (Å²) in [6.07, 6.45) is 14.0. The van der Waals surface area contributed by atoms with Crippen LogP contribution in [-0.4, -0.2) is 120 Å². The molecule has 10 rings (SSSR count). The van der Waals surface area contributed by atoms with Crippen LogP contribution in [0.25, 0.3) is 43.7 Å². The topological polar surface area (TPSA) is 101 Å². The quantitative estimate of drug-likeness (QED) is 0.111. The molecule has 2 aromatic heterocycles. The van der Waals surface area contributed by atoms with Crippen molar-refractivity contribution in [2.24, 2.45) is 24.3 Å². The second-order valence-corrected chi connectivity index (χ2v) is 17.4. The fraction of sp³-hybridized carbons (Fsp3) is 0.523. The summed E-state index contributed by atoms with van der Waals surface area (Å²) in [5, 5.41) is 17.7. The normalized spacial score (nSPS) is 22.3. The van der Waals surface area contributed by atoms with Crippen molar-refractivity contribution in [3.8, 4) is 35.2 Å². The van der Waals surface area contributed by atoms with Gasteiger partial charge in [0.2, 0.25) is 0 Å². The molecule has 2 bridgehead atoms. The number of likely N-dealkylation sites (tertiary alicyclic amines) is 2. The summed E-state index contributed by atoms with van der Waals surface area (Å²) in [6.45, 7) is 8.82. The molecule has 298 valence electrons. The number of rotatable bonds is 13. The molecule has 13 heteroatoms. The molecule has 11 nitrogen and oxygen atoms in total. The molecular formula is C44H49F2N7O4. The molecule has 1 saturated carbocycles. The number of aromatic hydroxyl groups is 1. The zero-order valence-electron chi connectivity index (χ0n) is 32.6. The number of methoxy groups -OCH3 is 1. The first-order valence-electron chi connectivity index (χ1n) is 20.4. The number of nitrogens with zero attached hydrogens (tertiary/aromatic N) is 7. The maximum absolute atomic E-state index is 17.9. The summed E-state index contributed by atoms with van der Waals surface area (Å²) in [5.41, 5.74) is 0.768. The van der Waals surface area contributed by atoms with E-state index >= 15 is 8.78 Å². The van der Waals surface area contributed by atoms with E-state index in [2.05, 4.69) is 20.6 Å². The summed E-state index contributed by atoms with van der Waals surface area (Å²) < 4.78 is 52.1. The summed E-state index contributed by atoms with van der Waals surface area (Å²) in [5.74, 6) is 3.20. The Morgan fingerprint density at radius 3 is 2.49 bits per heavy atom. The Kier molecular flexibility index (Phi) is 9.24. The van der Waals surface area contributed by atoms with E-state index in [4.69, 9.17) is 35.7 Å². The van der Waals surface area contributed by atoms with Gasteiger partial charge in [-0.05, 0) is 73.6 Å². The molecule has 1 aliphatic carbocycles. The molecule has 57 heavy (non-hydrogen) atoms. The van der Waals surface area contributed by atoms with Crippen LogP contribution in [-0.2, 0) is 16.5 Å². The van der Waals surface area contributed by atoms with Crippen molar-refractivity contribution in [2.75, 3.05) is 77.7 Å².